The van der Waals surface area contributed by atoms with Crippen molar-refractivity contribution in [1.29, 1.82) is 0 Å². The van der Waals surface area contributed by atoms with Crippen molar-refractivity contribution in [1.82, 2.24) is 0 Å². The monoisotopic (exact) mass is 200 g/mol. The van der Waals surface area contributed by atoms with Gasteiger partial charge in [0.25, 0.3) is 0 Å². The molecule has 14 heavy (non-hydrogen) atoms. The van der Waals surface area contributed by atoms with Crippen molar-refractivity contribution >= 4 is 11.6 Å². The van der Waals surface area contributed by atoms with E-state index in [4.69, 9.17) is 4.74 Å². The Morgan fingerprint density at radius 1 is 1.14 bits per heavy atom. The molecule has 0 aliphatic carbocycles. The summed E-state index contributed by atoms with van der Waals surface area (Å²) >= 11 is 0. The molecule has 0 unspecified atom stereocenters. The standard InChI is InChI=1S/C11H20O3/c1-9(2)11(13)10(12)7-5-4-6-8-14-3/h9H,4-8H2,1-3H3. The summed E-state index contributed by atoms with van der Waals surface area (Å²) in [5.41, 5.74) is 0. The van der Waals surface area contributed by atoms with Crippen molar-refractivity contribution in [3.63, 3.8) is 0 Å². The lowest BCUT2D eigenvalue weighted by Gasteiger charge is -2.02. The summed E-state index contributed by atoms with van der Waals surface area (Å²) in [5, 5.41) is 0. The van der Waals surface area contributed by atoms with E-state index in [1.165, 1.54) is 0 Å². The van der Waals surface area contributed by atoms with Crippen LogP contribution in [0.2, 0.25) is 0 Å². The molecule has 0 aliphatic rings. The van der Waals surface area contributed by atoms with Gasteiger partial charge in [0.15, 0.2) is 5.78 Å². The highest BCUT2D eigenvalue weighted by Crippen LogP contribution is 2.04. The SMILES string of the molecule is COCCCCCC(=O)C(=O)C(C)C. The maximum absolute atomic E-state index is 11.2. The van der Waals surface area contributed by atoms with Gasteiger partial charge in [-0.2, -0.15) is 0 Å². The fourth-order valence-electron chi connectivity index (χ4n) is 1.15. The topological polar surface area (TPSA) is 43.4 Å². The molecule has 3 heteroatoms. The number of ether oxygens (including phenoxy) is 1. The zero-order valence-electron chi connectivity index (χ0n) is 9.34. The molecule has 0 aromatic heterocycles. The summed E-state index contributed by atoms with van der Waals surface area (Å²) in [5.74, 6) is -0.629. The van der Waals surface area contributed by atoms with Crippen molar-refractivity contribution in [3.05, 3.63) is 0 Å². The van der Waals surface area contributed by atoms with Crippen molar-refractivity contribution < 1.29 is 14.3 Å². The summed E-state index contributed by atoms with van der Waals surface area (Å²) in [7, 11) is 1.66. The molecule has 0 N–H and O–H groups in total. The minimum absolute atomic E-state index is 0.165. The van der Waals surface area contributed by atoms with Crippen LogP contribution in [0.5, 0.6) is 0 Å². The molecule has 0 bridgehead atoms. The van der Waals surface area contributed by atoms with Crippen LogP contribution in [-0.2, 0) is 14.3 Å². The Morgan fingerprint density at radius 3 is 2.29 bits per heavy atom. The van der Waals surface area contributed by atoms with Crippen LogP contribution < -0.4 is 0 Å². The number of hydrogen-bond acceptors (Lipinski definition) is 3. The van der Waals surface area contributed by atoms with Gasteiger partial charge in [-0.1, -0.05) is 20.3 Å². The molecule has 0 aliphatic heterocycles. The fraction of sp³-hybridized carbons (Fsp3) is 0.818. The molecule has 0 saturated heterocycles. The summed E-state index contributed by atoms with van der Waals surface area (Å²) in [6.07, 6.45) is 3.09. The van der Waals surface area contributed by atoms with Crippen molar-refractivity contribution in [2.24, 2.45) is 5.92 Å². The van der Waals surface area contributed by atoms with Gasteiger partial charge in [0.05, 0.1) is 0 Å². The zero-order chi connectivity index (χ0) is 11.0. The maximum Gasteiger partial charge on any atom is 0.200 e. The van der Waals surface area contributed by atoms with E-state index in [2.05, 4.69) is 0 Å². The van der Waals surface area contributed by atoms with Gasteiger partial charge in [-0.05, 0) is 12.8 Å². The van der Waals surface area contributed by atoms with E-state index < -0.39 is 0 Å². The minimum atomic E-state index is -0.239. The van der Waals surface area contributed by atoms with E-state index in [1.807, 2.05) is 0 Å². The Bertz CT molecular complexity index is 185. The van der Waals surface area contributed by atoms with E-state index in [9.17, 15) is 9.59 Å². The van der Waals surface area contributed by atoms with Gasteiger partial charge in [-0.3, -0.25) is 9.59 Å². The van der Waals surface area contributed by atoms with E-state index in [1.54, 1.807) is 21.0 Å². The fourth-order valence-corrected chi connectivity index (χ4v) is 1.15. The van der Waals surface area contributed by atoms with Gasteiger partial charge in [0.2, 0.25) is 5.78 Å². The minimum Gasteiger partial charge on any atom is -0.385 e. The number of carbonyl (C=O) groups is 2. The van der Waals surface area contributed by atoms with Crippen LogP contribution in [0.1, 0.15) is 39.5 Å². The van der Waals surface area contributed by atoms with E-state index >= 15 is 0 Å². The second kappa shape index (κ2) is 7.68. The van der Waals surface area contributed by atoms with E-state index in [0.29, 0.717) is 6.42 Å². The summed E-state index contributed by atoms with van der Waals surface area (Å²) in [4.78, 5) is 22.4. The summed E-state index contributed by atoms with van der Waals surface area (Å²) < 4.78 is 4.88. The highest BCUT2D eigenvalue weighted by Gasteiger charge is 2.16. The third kappa shape index (κ3) is 5.86. The third-order valence-electron chi connectivity index (χ3n) is 2.05. The van der Waals surface area contributed by atoms with Crippen molar-refractivity contribution in [2.75, 3.05) is 13.7 Å². The van der Waals surface area contributed by atoms with E-state index in [-0.39, 0.29) is 17.5 Å². The number of rotatable bonds is 8. The molecule has 0 aromatic carbocycles. The molecular formula is C11H20O3. The van der Waals surface area contributed by atoms with Gasteiger partial charge in [-0.25, -0.2) is 0 Å². The highest BCUT2D eigenvalue weighted by atomic mass is 16.5. The Kier molecular flexibility index (Phi) is 7.30. The predicted octanol–water partition coefficient (Wildman–Crippen LogP) is 1.99. The van der Waals surface area contributed by atoms with Gasteiger partial charge >= 0.3 is 0 Å². The lowest BCUT2D eigenvalue weighted by atomic mass is 10.0. The molecule has 0 radical (unpaired) electrons. The summed E-state index contributed by atoms with van der Waals surface area (Å²) in [6, 6.07) is 0. The molecule has 0 saturated carbocycles. The molecule has 0 fully saturated rings. The number of carbonyl (C=O) groups excluding carboxylic acids is 2. The lowest BCUT2D eigenvalue weighted by molar-refractivity contribution is -0.138. The quantitative estimate of drug-likeness (QED) is 0.444. The van der Waals surface area contributed by atoms with Gasteiger partial charge in [-0.15, -0.1) is 0 Å². The Balaban J connectivity index is 3.49. The number of hydrogen-bond donors (Lipinski definition) is 0. The van der Waals surface area contributed by atoms with Crippen LogP contribution in [0, 0.1) is 5.92 Å². The van der Waals surface area contributed by atoms with Crippen molar-refractivity contribution in [2.45, 2.75) is 39.5 Å². The molecule has 0 amide bonds. The average Bonchev–Trinajstić information content (AvgIpc) is 2.16. The van der Waals surface area contributed by atoms with Crippen LogP contribution in [0.25, 0.3) is 0 Å². The molecule has 0 rings (SSSR count). The smallest absolute Gasteiger partial charge is 0.200 e. The second-order valence-corrected chi connectivity index (χ2v) is 3.75. The zero-order valence-corrected chi connectivity index (χ0v) is 9.34. The Hall–Kier alpha value is -0.700. The second-order valence-electron chi connectivity index (χ2n) is 3.75. The number of ketones is 2. The lowest BCUT2D eigenvalue weighted by Crippen LogP contribution is -2.19. The first-order valence-corrected chi connectivity index (χ1v) is 5.15. The third-order valence-corrected chi connectivity index (χ3v) is 2.05. The first-order valence-electron chi connectivity index (χ1n) is 5.15. The first kappa shape index (κ1) is 13.3. The first-order chi connectivity index (χ1) is 6.59. The molecule has 82 valence electrons. The van der Waals surface area contributed by atoms with Crippen LogP contribution >= 0.6 is 0 Å². The number of Topliss-reactive ketones (excluding diaryl/α,β-unsaturated/α-hetero) is 2. The number of unbranched alkanes of at least 4 members (excludes halogenated alkanes) is 2. The van der Waals surface area contributed by atoms with Crippen LogP contribution in [0.4, 0.5) is 0 Å². The van der Waals surface area contributed by atoms with E-state index in [0.717, 1.165) is 25.9 Å². The van der Waals surface area contributed by atoms with Crippen LogP contribution in [0.3, 0.4) is 0 Å². The van der Waals surface area contributed by atoms with Gasteiger partial charge in [0, 0.05) is 26.1 Å². The van der Waals surface area contributed by atoms with Gasteiger partial charge < -0.3 is 4.74 Å². The molecule has 0 heterocycles. The largest absolute Gasteiger partial charge is 0.385 e. The molecule has 0 spiro atoms. The molecule has 3 nitrogen and oxygen atoms in total. The van der Waals surface area contributed by atoms with Crippen LogP contribution in [0.15, 0.2) is 0 Å². The summed E-state index contributed by atoms with van der Waals surface area (Å²) in [6.45, 7) is 4.24. The Morgan fingerprint density at radius 2 is 1.79 bits per heavy atom. The molecule has 0 aromatic rings. The number of methoxy groups -OCH3 is 1. The van der Waals surface area contributed by atoms with Crippen molar-refractivity contribution in [3.8, 4) is 0 Å². The maximum atomic E-state index is 11.2. The highest BCUT2D eigenvalue weighted by molar-refractivity contribution is 6.37. The molecular weight excluding hydrogens is 180 g/mol. The average molecular weight is 200 g/mol. The molecule has 0 atom stereocenters. The predicted molar refractivity (Wildman–Crippen MR) is 55.2 cm³/mol. The normalized spacial score (nSPS) is 10.6. The van der Waals surface area contributed by atoms with Crippen LogP contribution in [-0.4, -0.2) is 25.3 Å². The van der Waals surface area contributed by atoms with Gasteiger partial charge in [0.1, 0.15) is 0 Å². The Labute approximate surface area is 85.8 Å².